The van der Waals surface area contributed by atoms with Gasteiger partial charge in [-0.15, -0.1) is 0 Å². The van der Waals surface area contributed by atoms with E-state index in [-0.39, 0.29) is 0 Å². The molecule has 3 aromatic rings. The molecule has 0 atom stereocenters. The van der Waals surface area contributed by atoms with E-state index in [4.69, 9.17) is 11.6 Å². The first-order chi connectivity index (χ1) is 11.7. The van der Waals surface area contributed by atoms with Crippen LogP contribution >= 0.6 is 11.6 Å². The van der Waals surface area contributed by atoms with Crippen molar-refractivity contribution >= 4 is 28.3 Å². The van der Waals surface area contributed by atoms with Gasteiger partial charge in [-0.25, -0.2) is 9.67 Å². The van der Waals surface area contributed by atoms with Crippen LogP contribution in [0.3, 0.4) is 0 Å². The Morgan fingerprint density at radius 3 is 2.38 bits per heavy atom. The number of hydrogen-bond acceptors (Lipinski definition) is 4. The lowest BCUT2D eigenvalue weighted by atomic mass is 10.2. The van der Waals surface area contributed by atoms with E-state index >= 15 is 0 Å². The Balaban J connectivity index is 1.58. The summed E-state index contributed by atoms with van der Waals surface area (Å²) in [6.45, 7) is 7.77. The number of aromatic nitrogens is 3. The van der Waals surface area contributed by atoms with Crippen molar-refractivity contribution in [3.63, 3.8) is 0 Å². The van der Waals surface area contributed by atoms with E-state index in [1.54, 1.807) is 6.07 Å². The Morgan fingerprint density at radius 2 is 1.67 bits per heavy atom. The third-order valence-corrected chi connectivity index (χ3v) is 4.87. The second-order valence-electron chi connectivity index (χ2n) is 6.04. The molecule has 0 saturated carbocycles. The van der Waals surface area contributed by atoms with Gasteiger partial charge >= 0.3 is 0 Å². The predicted molar refractivity (Wildman–Crippen MR) is 98.2 cm³/mol. The number of anilines is 1. The summed E-state index contributed by atoms with van der Waals surface area (Å²) in [7, 11) is 0. The quantitative estimate of drug-likeness (QED) is 0.685. The molecule has 124 valence electrons. The second kappa shape index (κ2) is 6.42. The Hall–Kier alpha value is -2.11. The Kier molecular flexibility index (Phi) is 4.12. The Bertz CT molecular complexity index is 834. The summed E-state index contributed by atoms with van der Waals surface area (Å²) in [6, 6.07) is 12.2. The SMILES string of the molecule is CCN1CCN(c2ccc(-n3ncc4ccc(Cl)nc43)cc2)CC1. The van der Waals surface area contributed by atoms with Crippen molar-refractivity contribution in [3.05, 3.63) is 47.7 Å². The first-order valence-electron chi connectivity index (χ1n) is 8.32. The van der Waals surface area contributed by atoms with Crippen molar-refractivity contribution in [1.82, 2.24) is 19.7 Å². The Morgan fingerprint density at radius 1 is 0.958 bits per heavy atom. The molecule has 24 heavy (non-hydrogen) atoms. The summed E-state index contributed by atoms with van der Waals surface area (Å²) in [5.41, 5.74) is 3.04. The van der Waals surface area contributed by atoms with Gasteiger partial charge < -0.3 is 9.80 Å². The first kappa shape index (κ1) is 15.4. The molecule has 0 bridgehead atoms. The number of halogens is 1. The smallest absolute Gasteiger partial charge is 0.164 e. The second-order valence-corrected chi connectivity index (χ2v) is 6.43. The summed E-state index contributed by atoms with van der Waals surface area (Å²) >= 11 is 6.02. The molecule has 1 saturated heterocycles. The zero-order chi connectivity index (χ0) is 16.5. The monoisotopic (exact) mass is 341 g/mol. The molecule has 4 rings (SSSR count). The molecule has 0 aliphatic carbocycles. The molecule has 0 radical (unpaired) electrons. The highest BCUT2D eigenvalue weighted by Crippen LogP contribution is 2.22. The van der Waals surface area contributed by atoms with Crippen LogP contribution in [-0.2, 0) is 0 Å². The minimum Gasteiger partial charge on any atom is -0.369 e. The van der Waals surface area contributed by atoms with E-state index in [0.717, 1.165) is 49.4 Å². The van der Waals surface area contributed by atoms with Crippen molar-refractivity contribution in [2.24, 2.45) is 0 Å². The number of hydrogen-bond donors (Lipinski definition) is 0. The summed E-state index contributed by atoms with van der Waals surface area (Å²) in [5.74, 6) is 0. The average molecular weight is 342 g/mol. The first-order valence-corrected chi connectivity index (χ1v) is 8.70. The third kappa shape index (κ3) is 2.85. The summed E-state index contributed by atoms with van der Waals surface area (Å²) in [6.07, 6.45) is 1.82. The van der Waals surface area contributed by atoms with Crippen molar-refractivity contribution in [2.45, 2.75) is 6.92 Å². The van der Waals surface area contributed by atoms with Crippen LogP contribution in [0.1, 0.15) is 6.92 Å². The van der Waals surface area contributed by atoms with Gasteiger partial charge in [0.05, 0.1) is 11.9 Å². The van der Waals surface area contributed by atoms with E-state index < -0.39 is 0 Å². The number of rotatable bonds is 3. The van der Waals surface area contributed by atoms with Crippen molar-refractivity contribution in [3.8, 4) is 5.69 Å². The predicted octanol–water partition coefficient (Wildman–Crippen LogP) is 3.22. The standard InChI is InChI=1S/C18H20ClN5/c1-2-22-9-11-23(12-10-22)15-4-6-16(7-5-15)24-18-14(13-20-24)3-8-17(19)21-18/h3-8,13H,2,9-12H2,1H3. The summed E-state index contributed by atoms with van der Waals surface area (Å²) < 4.78 is 1.83. The maximum atomic E-state index is 6.02. The molecule has 1 aromatic carbocycles. The van der Waals surface area contributed by atoms with Gasteiger partial charge in [0.15, 0.2) is 5.65 Å². The minimum absolute atomic E-state index is 0.481. The van der Waals surface area contributed by atoms with Gasteiger partial charge in [-0.3, -0.25) is 0 Å². The maximum absolute atomic E-state index is 6.02. The molecular formula is C18H20ClN5. The zero-order valence-corrected chi connectivity index (χ0v) is 14.4. The number of pyridine rings is 1. The maximum Gasteiger partial charge on any atom is 0.164 e. The highest BCUT2D eigenvalue weighted by Gasteiger charge is 2.16. The van der Waals surface area contributed by atoms with Crippen LogP contribution in [-0.4, -0.2) is 52.4 Å². The Labute approximate surface area is 146 Å². The third-order valence-electron chi connectivity index (χ3n) is 4.66. The lowest BCUT2D eigenvalue weighted by molar-refractivity contribution is 0.271. The number of fused-ring (bicyclic) bond motifs is 1. The van der Waals surface area contributed by atoms with Crippen LogP contribution in [0.15, 0.2) is 42.6 Å². The highest BCUT2D eigenvalue weighted by molar-refractivity contribution is 6.29. The fraction of sp³-hybridized carbons (Fsp3) is 0.333. The molecule has 2 aromatic heterocycles. The van der Waals surface area contributed by atoms with Gasteiger partial charge in [-0.2, -0.15) is 5.10 Å². The number of piperazine rings is 1. The van der Waals surface area contributed by atoms with Crippen LogP contribution in [0, 0.1) is 0 Å². The molecule has 1 aliphatic heterocycles. The molecule has 3 heterocycles. The lowest BCUT2D eigenvalue weighted by Crippen LogP contribution is -2.46. The molecule has 6 heteroatoms. The minimum atomic E-state index is 0.481. The van der Waals surface area contributed by atoms with Gasteiger partial charge in [0.1, 0.15) is 5.15 Å². The van der Waals surface area contributed by atoms with Crippen LogP contribution in [0.4, 0.5) is 5.69 Å². The highest BCUT2D eigenvalue weighted by atomic mass is 35.5. The number of benzene rings is 1. The number of likely N-dealkylation sites (N-methyl/N-ethyl adjacent to an activating group) is 1. The molecule has 1 aliphatic rings. The van der Waals surface area contributed by atoms with Gasteiger partial charge in [-0.1, -0.05) is 18.5 Å². The molecule has 0 unspecified atom stereocenters. The van der Waals surface area contributed by atoms with E-state index in [1.165, 1.54) is 5.69 Å². The summed E-state index contributed by atoms with van der Waals surface area (Å²) in [4.78, 5) is 9.31. The topological polar surface area (TPSA) is 37.2 Å². The largest absolute Gasteiger partial charge is 0.369 e. The van der Waals surface area contributed by atoms with Crippen LogP contribution in [0.5, 0.6) is 0 Å². The summed E-state index contributed by atoms with van der Waals surface area (Å²) in [5, 5.41) is 5.91. The zero-order valence-electron chi connectivity index (χ0n) is 13.7. The van der Waals surface area contributed by atoms with Crippen molar-refractivity contribution in [1.29, 1.82) is 0 Å². The molecule has 0 spiro atoms. The molecular weight excluding hydrogens is 322 g/mol. The average Bonchev–Trinajstić information content (AvgIpc) is 3.05. The van der Waals surface area contributed by atoms with Crippen molar-refractivity contribution in [2.75, 3.05) is 37.6 Å². The van der Waals surface area contributed by atoms with E-state index in [0.29, 0.717) is 5.15 Å². The van der Waals surface area contributed by atoms with Gasteiger partial charge in [0.2, 0.25) is 0 Å². The van der Waals surface area contributed by atoms with Crippen LogP contribution in [0.2, 0.25) is 5.15 Å². The molecule has 0 N–H and O–H groups in total. The van der Waals surface area contributed by atoms with Crippen LogP contribution < -0.4 is 4.90 Å². The normalized spacial score (nSPS) is 16.0. The van der Waals surface area contributed by atoms with Crippen LogP contribution in [0.25, 0.3) is 16.7 Å². The molecule has 1 fully saturated rings. The van der Waals surface area contributed by atoms with Gasteiger partial charge in [0.25, 0.3) is 0 Å². The fourth-order valence-electron chi connectivity index (χ4n) is 3.20. The van der Waals surface area contributed by atoms with Gasteiger partial charge in [0, 0.05) is 37.3 Å². The van der Waals surface area contributed by atoms with Crippen molar-refractivity contribution < 1.29 is 0 Å². The van der Waals surface area contributed by atoms with E-state index in [9.17, 15) is 0 Å². The molecule has 5 nitrogen and oxygen atoms in total. The lowest BCUT2D eigenvalue weighted by Gasteiger charge is -2.35. The molecule has 0 amide bonds. The van der Waals surface area contributed by atoms with E-state index in [2.05, 4.69) is 51.1 Å². The number of nitrogens with zero attached hydrogens (tertiary/aromatic N) is 5. The van der Waals surface area contributed by atoms with E-state index in [1.807, 2.05) is 16.9 Å². The fourth-order valence-corrected chi connectivity index (χ4v) is 3.34. The van der Waals surface area contributed by atoms with Gasteiger partial charge in [-0.05, 0) is 42.9 Å².